The molecule has 112 valence electrons. The monoisotopic (exact) mass is 300 g/mol. The number of aliphatic hydroxyl groups is 1. The van der Waals surface area contributed by atoms with Crippen LogP contribution in [-0.2, 0) is 10.8 Å². The second-order valence-electron chi connectivity index (χ2n) is 5.55. The van der Waals surface area contributed by atoms with Gasteiger partial charge in [-0.25, -0.2) is 0 Å². The lowest BCUT2D eigenvalue weighted by Gasteiger charge is -2.22. The molecule has 6 nitrogen and oxygen atoms in total. The molecule has 0 amide bonds. The fraction of sp³-hybridized carbons (Fsp3) is 0.538. The number of β-amino-alcohol motifs (C(OH)–C–C–N with tert-alkyl or cyclic N) is 1. The van der Waals surface area contributed by atoms with E-state index in [4.69, 9.17) is 0 Å². The third kappa shape index (κ3) is 5.77. The van der Waals surface area contributed by atoms with Gasteiger partial charge in [-0.1, -0.05) is 0 Å². The molecule has 2 atom stereocenters. The predicted octanol–water partition coefficient (Wildman–Crippen LogP) is 1.45. The van der Waals surface area contributed by atoms with Crippen LogP contribution >= 0.6 is 0 Å². The second-order valence-corrected chi connectivity index (χ2v) is 7.04. The Balaban J connectivity index is 2.56. The van der Waals surface area contributed by atoms with E-state index in [9.17, 15) is 19.4 Å². The van der Waals surface area contributed by atoms with Crippen molar-refractivity contribution >= 4 is 16.5 Å². The predicted molar refractivity (Wildman–Crippen MR) is 78.1 cm³/mol. The summed E-state index contributed by atoms with van der Waals surface area (Å²) in [6.07, 6.45) is -0.731. The van der Waals surface area contributed by atoms with Crippen LogP contribution in [0.4, 0.5) is 5.69 Å². The number of nitro benzene ring substituents is 1. The number of benzene rings is 1. The first-order valence-corrected chi connectivity index (χ1v) is 7.57. The number of rotatable bonds is 6. The molecule has 0 aliphatic rings. The van der Waals surface area contributed by atoms with Crippen molar-refractivity contribution in [2.24, 2.45) is 0 Å². The highest BCUT2D eigenvalue weighted by molar-refractivity contribution is 7.85. The highest BCUT2D eigenvalue weighted by Gasteiger charge is 2.16. The van der Waals surface area contributed by atoms with Crippen molar-refractivity contribution in [1.29, 1.82) is 0 Å². The molecule has 20 heavy (non-hydrogen) atoms. The van der Waals surface area contributed by atoms with Crippen LogP contribution in [0.15, 0.2) is 29.2 Å². The Labute approximate surface area is 120 Å². The Bertz CT molecular complexity index is 482. The normalized spacial score (nSPS) is 14.8. The zero-order chi connectivity index (χ0) is 15.3. The second kappa shape index (κ2) is 6.92. The minimum absolute atomic E-state index is 0.0410. The number of hydrogen-bond acceptors (Lipinski definition) is 5. The number of aliphatic hydroxyl groups excluding tert-OH is 1. The van der Waals surface area contributed by atoms with Gasteiger partial charge in [0.15, 0.2) is 0 Å². The van der Waals surface area contributed by atoms with Gasteiger partial charge in [0.25, 0.3) is 5.69 Å². The number of nitrogens with one attached hydrogen (secondary N) is 1. The SMILES string of the molecule is CC(C)(C)NCC(O)CS(=O)c1ccc([N+](=O)[O-])cc1. The van der Waals surface area contributed by atoms with Crippen molar-refractivity contribution in [2.45, 2.75) is 37.3 Å². The largest absolute Gasteiger partial charge is 0.391 e. The first-order valence-electron chi connectivity index (χ1n) is 6.25. The minimum Gasteiger partial charge on any atom is -0.391 e. The lowest BCUT2D eigenvalue weighted by Crippen LogP contribution is -2.42. The molecule has 0 saturated carbocycles. The molecule has 7 heteroatoms. The Hall–Kier alpha value is -1.31. The molecule has 2 unspecified atom stereocenters. The summed E-state index contributed by atoms with van der Waals surface area (Å²) in [4.78, 5) is 10.5. The first kappa shape index (κ1) is 16.7. The van der Waals surface area contributed by atoms with Gasteiger partial charge in [-0.15, -0.1) is 0 Å². The van der Waals surface area contributed by atoms with Crippen LogP contribution < -0.4 is 5.32 Å². The van der Waals surface area contributed by atoms with Gasteiger partial charge in [0, 0.05) is 29.1 Å². The van der Waals surface area contributed by atoms with Crippen molar-refractivity contribution in [3.8, 4) is 0 Å². The molecule has 0 heterocycles. The molecule has 0 aliphatic carbocycles. The Morgan fingerprint density at radius 1 is 1.35 bits per heavy atom. The lowest BCUT2D eigenvalue weighted by molar-refractivity contribution is -0.384. The highest BCUT2D eigenvalue weighted by Crippen LogP contribution is 2.15. The smallest absolute Gasteiger partial charge is 0.269 e. The molecule has 0 spiro atoms. The van der Waals surface area contributed by atoms with E-state index in [1.54, 1.807) is 0 Å². The van der Waals surface area contributed by atoms with Crippen LogP contribution in [0.1, 0.15) is 20.8 Å². The summed E-state index contributed by atoms with van der Waals surface area (Å²) >= 11 is 0. The van der Waals surface area contributed by atoms with Crippen molar-refractivity contribution in [1.82, 2.24) is 5.32 Å². The van der Waals surface area contributed by atoms with Crippen molar-refractivity contribution in [3.63, 3.8) is 0 Å². The average Bonchev–Trinajstić information content (AvgIpc) is 2.35. The number of nitro groups is 1. The summed E-state index contributed by atoms with van der Waals surface area (Å²) in [5.74, 6) is 0.0981. The molecular formula is C13H20N2O4S. The maximum absolute atomic E-state index is 12.0. The topological polar surface area (TPSA) is 92.5 Å². The molecular weight excluding hydrogens is 280 g/mol. The van der Waals surface area contributed by atoms with Gasteiger partial charge < -0.3 is 10.4 Å². The van der Waals surface area contributed by atoms with E-state index in [1.165, 1.54) is 24.3 Å². The van der Waals surface area contributed by atoms with Crippen LogP contribution in [0.25, 0.3) is 0 Å². The van der Waals surface area contributed by atoms with Gasteiger partial charge in [-0.3, -0.25) is 14.3 Å². The molecule has 1 aromatic carbocycles. The number of nitrogens with zero attached hydrogens (tertiary/aromatic N) is 1. The summed E-state index contributed by atoms with van der Waals surface area (Å²) in [6, 6.07) is 5.54. The quantitative estimate of drug-likeness (QED) is 0.613. The third-order valence-corrected chi connectivity index (χ3v) is 4.01. The molecule has 1 aromatic rings. The summed E-state index contributed by atoms with van der Waals surface area (Å²) in [5, 5.41) is 23.5. The summed E-state index contributed by atoms with van der Waals surface area (Å²) in [5.41, 5.74) is -0.156. The van der Waals surface area contributed by atoms with E-state index in [-0.39, 0.29) is 17.0 Å². The summed E-state index contributed by atoms with van der Waals surface area (Å²) in [7, 11) is -1.38. The lowest BCUT2D eigenvalue weighted by atomic mass is 10.1. The maximum atomic E-state index is 12.0. The molecule has 0 radical (unpaired) electrons. The van der Waals surface area contributed by atoms with E-state index in [1.807, 2.05) is 20.8 Å². The van der Waals surface area contributed by atoms with Crippen molar-refractivity contribution < 1.29 is 14.2 Å². The Kier molecular flexibility index (Phi) is 5.79. The summed E-state index contributed by atoms with van der Waals surface area (Å²) < 4.78 is 12.0. The molecule has 0 aliphatic heterocycles. The molecule has 0 fully saturated rings. The molecule has 0 saturated heterocycles. The highest BCUT2D eigenvalue weighted by atomic mass is 32.2. The molecule has 0 bridgehead atoms. The van der Waals surface area contributed by atoms with Crippen LogP contribution in [0, 0.1) is 10.1 Å². The summed E-state index contributed by atoms with van der Waals surface area (Å²) in [6.45, 7) is 6.29. The van der Waals surface area contributed by atoms with Crippen molar-refractivity contribution in [3.05, 3.63) is 34.4 Å². The number of hydrogen-bond donors (Lipinski definition) is 2. The third-order valence-electron chi connectivity index (χ3n) is 2.52. The fourth-order valence-corrected chi connectivity index (χ4v) is 2.57. The number of non-ortho nitro benzene ring substituents is 1. The van der Waals surface area contributed by atoms with Gasteiger partial charge in [0.2, 0.25) is 0 Å². The van der Waals surface area contributed by atoms with E-state index in [2.05, 4.69) is 5.32 Å². The molecule has 0 aromatic heterocycles. The van der Waals surface area contributed by atoms with Gasteiger partial charge in [0.05, 0.1) is 27.6 Å². The van der Waals surface area contributed by atoms with Crippen LogP contribution in [0.5, 0.6) is 0 Å². The minimum atomic E-state index is -1.38. The van der Waals surface area contributed by atoms with E-state index >= 15 is 0 Å². The van der Waals surface area contributed by atoms with Crippen molar-refractivity contribution in [2.75, 3.05) is 12.3 Å². The Morgan fingerprint density at radius 2 is 1.90 bits per heavy atom. The molecule has 1 rings (SSSR count). The van der Waals surface area contributed by atoms with Crippen LogP contribution in [0.3, 0.4) is 0 Å². The first-order chi connectivity index (χ1) is 9.19. The van der Waals surface area contributed by atoms with Crippen LogP contribution in [0.2, 0.25) is 0 Å². The van der Waals surface area contributed by atoms with Gasteiger partial charge in [-0.2, -0.15) is 0 Å². The standard InChI is InChI=1S/C13H20N2O4S/c1-13(2,3)14-8-11(16)9-20(19)12-6-4-10(5-7-12)15(17)18/h4-7,11,14,16H,8-9H2,1-3H3. The van der Waals surface area contributed by atoms with Gasteiger partial charge >= 0.3 is 0 Å². The van der Waals surface area contributed by atoms with Crippen LogP contribution in [-0.4, -0.2) is 38.2 Å². The fourth-order valence-electron chi connectivity index (χ4n) is 1.47. The zero-order valence-electron chi connectivity index (χ0n) is 11.8. The van der Waals surface area contributed by atoms with E-state index < -0.39 is 21.8 Å². The average molecular weight is 300 g/mol. The van der Waals surface area contributed by atoms with E-state index in [0.29, 0.717) is 11.4 Å². The molecule has 2 N–H and O–H groups in total. The zero-order valence-corrected chi connectivity index (χ0v) is 12.6. The van der Waals surface area contributed by atoms with E-state index in [0.717, 1.165) is 0 Å². The Morgan fingerprint density at radius 3 is 2.35 bits per heavy atom. The maximum Gasteiger partial charge on any atom is 0.269 e. The van der Waals surface area contributed by atoms with Gasteiger partial charge in [0.1, 0.15) is 0 Å². The van der Waals surface area contributed by atoms with Gasteiger partial charge in [-0.05, 0) is 32.9 Å².